The molecule has 1 heterocycles. The van der Waals surface area contributed by atoms with E-state index in [9.17, 15) is 21.2 Å². The highest BCUT2D eigenvalue weighted by molar-refractivity contribution is 7.90. The topological polar surface area (TPSA) is 96.0 Å². The molecular formula is C19H24FN3O5S2. The highest BCUT2D eigenvalue weighted by Crippen LogP contribution is 2.21. The van der Waals surface area contributed by atoms with Crippen molar-refractivity contribution in [3.63, 3.8) is 0 Å². The average molecular weight is 458 g/mol. The van der Waals surface area contributed by atoms with Crippen LogP contribution in [0.1, 0.15) is 0 Å². The summed E-state index contributed by atoms with van der Waals surface area (Å²) in [5.74, 6) is -0.149. The van der Waals surface area contributed by atoms with Gasteiger partial charge in [-0.15, -0.1) is 0 Å². The van der Waals surface area contributed by atoms with Crippen LogP contribution >= 0.6 is 0 Å². The van der Waals surface area contributed by atoms with Gasteiger partial charge >= 0.3 is 0 Å². The van der Waals surface area contributed by atoms with Gasteiger partial charge in [-0.1, -0.05) is 0 Å². The maximum atomic E-state index is 12.9. The van der Waals surface area contributed by atoms with E-state index < -0.39 is 25.9 Å². The molecule has 0 atom stereocenters. The Morgan fingerprint density at radius 2 is 1.53 bits per heavy atom. The van der Waals surface area contributed by atoms with Crippen LogP contribution in [0, 0.1) is 5.82 Å². The quantitative estimate of drug-likeness (QED) is 0.641. The number of piperazine rings is 1. The van der Waals surface area contributed by atoms with Crippen molar-refractivity contribution in [1.29, 1.82) is 0 Å². The Hall–Kier alpha value is -2.21. The number of nitrogens with one attached hydrogen (secondary N) is 1. The molecule has 0 unspecified atom stereocenters. The summed E-state index contributed by atoms with van der Waals surface area (Å²) in [6.45, 7) is 1.44. The molecule has 0 spiro atoms. The van der Waals surface area contributed by atoms with E-state index in [-0.39, 0.29) is 17.2 Å². The SMILES string of the molecule is COc1ccc(N2CCN(S(=O)(=O)CCNS(=O)(=O)c3ccc(F)cc3)CC2)cc1. The summed E-state index contributed by atoms with van der Waals surface area (Å²) in [5.41, 5.74) is 0.986. The summed E-state index contributed by atoms with van der Waals surface area (Å²) >= 11 is 0. The molecule has 8 nitrogen and oxygen atoms in total. The minimum Gasteiger partial charge on any atom is -0.497 e. The van der Waals surface area contributed by atoms with Gasteiger partial charge in [-0.3, -0.25) is 0 Å². The van der Waals surface area contributed by atoms with Crippen molar-refractivity contribution >= 4 is 25.7 Å². The minimum atomic E-state index is -3.90. The van der Waals surface area contributed by atoms with Crippen LogP contribution in [0.15, 0.2) is 53.4 Å². The molecule has 2 aromatic carbocycles. The van der Waals surface area contributed by atoms with E-state index in [0.29, 0.717) is 26.2 Å². The fourth-order valence-corrected chi connectivity index (χ4v) is 5.65. The molecular weight excluding hydrogens is 433 g/mol. The van der Waals surface area contributed by atoms with Crippen LogP contribution < -0.4 is 14.4 Å². The van der Waals surface area contributed by atoms with Gasteiger partial charge in [-0.05, 0) is 48.5 Å². The molecule has 164 valence electrons. The predicted molar refractivity (Wildman–Crippen MR) is 112 cm³/mol. The van der Waals surface area contributed by atoms with Crippen LogP contribution in [0.25, 0.3) is 0 Å². The summed E-state index contributed by atoms with van der Waals surface area (Å²) in [7, 11) is -5.91. The van der Waals surface area contributed by atoms with E-state index in [1.54, 1.807) is 7.11 Å². The van der Waals surface area contributed by atoms with Crippen molar-refractivity contribution in [2.45, 2.75) is 4.90 Å². The second kappa shape index (κ2) is 9.29. The van der Waals surface area contributed by atoms with Crippen LogP contribution in [0.4, 0.5) is 10.1 Å². The van der Waals surface area contributed by atoms with Crippen LogP contribution in [0.3, 0.4) is 0 Å². The minimum absolute atomic E-state index is 0.116. The predicted octanol–water partition coefficient (Wildman–Crippen LogP) is 1.26. The monoisotopic (exact) mass is 457 g/mol. The number of anilines is 1. The zero-order valence-electron chi connectivity index (χ0n) is 16.5. The number of halogens is 1. The lowest BCUT2D eigenvalue weighted by Gasteiger charge is -2.35. The molecule has 1 aliphatic rings. The standard InChI is InChI=1S/C19H24FN3O5S2/c1-28-18-6-4-17(5-7-18)22-11-13-23(14-12-22)29(24,25)15-10-21-30(26,27)19-8-2-16(20)3-9-19/h2-9,21H,10-15H2,1H3. The molecule has 30 heavy (non-hydrogen) atoms. The van der Waals surface area contributed by atoms with E-state index in [2.05, 4.69) is 9.62 Å². The molecule has 0 aliphatic carbocycles. The third-order valence-electron chi connectivity index (χ3n) is 4.85. The Bertz CT molecular complexity index is 1050. The van der Waals surface area contributed by atoms with E-state index in [4.69, 9.17) is 4.74 Å². The fraction of sp³-hybridized carbons (Fsp3) is 0.368. The van der Waals surface area contributed by atoms with Gasteiger partial charge in [0.1, 0.15) is 11.6 Å². The number of benzene rings is 2. The molecule has 0 saturated carbocycles. The molecule has 2 aromatic rings. The number of hydrogen-bond donors (Lipinski definition) is 1. The smallest absolute Gasteiger partial charge is 0.240 e. The highest BCUT2D eigenvalue weighted by atomic mass is 32.2. The van der Waals surface area contributed by atoms with E-state index in [0.717, 1.165) is 35.7 Å². The molecule has 0 amide bonds. The number of sulfonamides is 2. The van der Waals surface area contributed by atoms with Crippen LogP contribution in [-0.4, -0.2) is 66.7 Å². The van der Waals surface area contributed by atoms with E-state index in [1.165, 1.54) is 4.31 Å². The zero-order valence-corrected chi connectivity index (χ0v) is 18.1. The molecule has 0 radical (unpaired) electrons. The number of methoxy groups -OCH3 is 1. The molecule has 11 heteroatoms. The number of hydrogen-bond acceptors (Lipinski definition) is 6. The van der Waals surface area contributed by atoms with Gasteiger partial charge in [0, 0.05) is 38.4 Å². The number of rotatable bonds is 8. The number of ether oxygens (including phenoxy) is 1. The summed E-state index contributed by atoms with van der Waals surface area (Å²) in [5, 5.41) is 0. The molecule has 1 N–H and O–H groups in total. The van der Waals surface area contributed by atoms with Gasteiger partial charge in [0.25, 0.3) is 0 Å². The Morgan fingerprint density at radius 1 is 0.933 bits per heavy atom. The van der Waals surface area contributed by atoms with Crippen molar-refractivity contribution in [3.8, 4) is 5.75 Å². The largest absolute Gasteiger partial charge is 0.497 e. The van der Waals surface area contributed by atoms with E-state index >= 15 is 0 Å². The molecule has 0 aromatic heterocycles. The zero-order chi connectivity index (χ0) is 21.8. The first kappa shape index (κ1) is 22.5. The van der Waals surface area contributed by atoms with Crippen LogP contribution in [0.2, 0.25) is 0 Å². The molecule has 1 fully saturated rings. The molecule has 1 aliphatic heterocycles. The van der Waals surface area contributed by atoms with Crippen molar-refractivity contribution in [2.24, 2.45) is 0 Å². The fourth-order valence-electron chi connectivity index (χ4n) is 3.15. The molecule has 3 rings (SSSR count). The summed E-state index contributed by atoms with van der Waals surface area (Å²) in [4.78, 5) is 1.97. The Kier molecular flexibility index (Phi) is 6.96. The molecule has 0 bridgehead atoms. The lowest BCUT2D eigenvalue weighted by molar-refractivity contribution is 0.384. The van der Waals surface area contributed by atoms with Gasteiger partial charge in [0.15, 0.2) is 0 Å². The van der Waals surface area contributed by atoms with Crippen LogP contribution in [0.5, 0.6) is 5.75 Å². The Labute approximate surface area is 176 Å². The third kappa shape index (κ3) is 5.48. The molecule has 1 saturated heterocycles. The van der Waals surface area contributed by atoms with Crippen molar-refractivity contribution in [2.75, 3.05) is 50.5 Å². The second-order valence-corrected chi connectivity index (χ2v) is 10.6. The van der Waals surface area contributed by atoms with Crippen LogP contribution in [-0.2, 0) is 20.0 Å². The maximum Gasteiger partial charge on any atom is 0.240 e. The first-order chi connectivity index (χ1) is 14.2. The Balaban J connectivity index is 1.52. The number of nitrogens with zero attached hydrogens (tertiary/aromatic N) is 2. The van der Waals surface area contributed by atoms with Crippen molar-refractivity contribution in [1.82, 2.24) is 9.03 Å². The van der Waals surface area contributed by atoms with Gasteiger partial charge in [-0.25, -0.2) is 25.9 Å². The average Bonchev–Trinajstić information content (AvgIpc) is 2.74. The Morgan fingerprint density at radius 3 is 2.10 bits per heavy atom. The van der Waals surface area contributed by atoms with E-state index in [1.807, 2.05) is 24.3 Å². The third-order valence-corrected chi connectivity index (χ3v) is 8.19. The van der Waals surface area contributed by atoms with Gasteiger partial charge in [0.2, 0.25) is 20.0 Å². The normalized spacial score (nSPS) is 15.9. The van der Waals surface area contributed by atoms with Gasteiger partial charge < -0.3 is 9.64 Å². The van der Waals surface area contributed by atoms with Gasteiger partial charge in [-0.2, -0.15) is 4.31 Å². The first-order valence-electron chi connectivity index (χ1n) is 9.33. The lowest BCUT2D eigenvalue weighted by atomic mass is 10.2. The summed E-state index contributed by atoms with van der Waals surface area (Å²) in [6, 6.07) is 11.9. The van der Waals surface area contributed by atoms with Crippen molar-refractivity contribution in [3.05, 3.63) is 54.3 Å². The van der Waals surface area contributed by atoms with Gasteiger partial charge in [0.05, 0.1) is 17.8 Å². The maximum absolute atomic E-state index is 12.9. The first-order valence-corrected chi connectivity index (χ1v) is 12.4. The highest BCUT2D eigenvalue weighted by Gasteiger charge is 2.27. The second-order valence-electron chi connectivity index (χ2n) is 6.75. The lowest BCUT2D eigenvalue weighted by Crippen LogP contribution is -2.50. The summed E-state index contributed by atoms with van der Waals surface area (Å²) < 4.78 is 71.3. The summed E-state index contributed by atoms with van der Waals surface area (Å²) in [6.07, 6.45) is 0. The van der Waals surface area contributed by atoms with Crippen molar-refractivity contribution < 1.29 is 26.0 Å².